The van der Waals surface area contributed by atoms with Crippen molar-refractivity contribution in [3.8, 4) is 5.75 Å². The van der Waals surface area contributed by atoms with E-state index in [1.165, 1.54) is 0 Å². The minimum absolute atomic E-state index is 0.0342. The van der Waals surface area contributed by atoms with Crippen LogP contribution in [0.4, 0.5) is 16.5 Å². The van der Waals surface area contributed by atoms with Crippen molar-refractivity contribution in [2.45, 2.75) is 20.4 Å². The Kier molecular flexibility index (Phi) is 6.85. The topological polar surface area (TPSA) is 66.5 Å². The van der Waals surface area contributed by atoms with Crippen LogP contribution in [0, 0.1) is 13.8 Å². The lowest BCUT2D eigenvalue weighted by Gasteiger charge is -2.16. The van der Waals surface area contributed by atoms with E-state index in [1.807, 2.05) is 73.6 Å². The second-order valence-corrected chi connectivity index (χ2v) is 7.82. The number of aromatic nitrogens is 1. The Morgan fingerprint density at radius 1 is 1.17 bits per heavy atom. The molecule has 0 saturated heterocycles. The largest absolute Gasteiger partial charge is 0.497 e. The lowest BCUT2D eigenvalue weighted by atomic mass is 10.1. The number of hydrogen-bond donors (Lipinski definition) is 2. The van der Waals surface area contributed by atoms with Crippen LogP contribution in [0.5, 0.6) is 5.75 Å². The van der Waals surface area contributed by atoms with Gasteiger partial charge >= 0.3 is 0 Å². The number of hydrogen-bond acceptors (Lipinski definition) is 6. The Morgan fingerprint density at radius 2 is 1.93 bits per heavy atom. The molecule has 0 aliphatic rings. The average Bonchev–Trinajstić information content (AvgIpc) is 3.12. The molecule has 29 heavy (non-hydrogen) atoms. The molecule has 0 fully saturated rings. The Hall–Kier alpha value is -2.90. The minimum Gasteiger partial charge on any atom is -0.497 e. The molecule has 3 aromatic rings. The standard InChI is InChI=1S/C22H26N4O2S/c1-15-6-5-7-20(16(15)2)25-21(27)13-26(3)12-18-14-29-22(24-18)23-17-8-10-19(28-4)11-9-17/h5-11,14H,12-13H2,1-4H3,(H,23,24)(H,25,27). The molecule has 0 unspecified atom stereocenters. The van der Waals surface area contributed by atoms with E-state index in [2.05, 4.69) is 15.6 Å². The molecule has 3 rings (SSSR count). The maximum absolute atomic E-state index is 12.4. The van der Waals surface area contributed by atoms with Gasteiger partial charge in [-0.25, -0.2) is 4.98 Å². The Morgan fingerprint density at radius 3 is 2.66 bits per heavy atom. The number of thiazole rings is 1. The Bertz CT molecular complexity index is 969. The summed E-state index contributed by atoms with van der Waals surface area (Å²) in [6.07, 6.45) is 0. The summed E-state index contributed by atoms with van der Waals surface area (Å²) in [5, 5.41) is 9.10. The summed E-state index contributed by atoms with van der Waals surface area (Å²) in [4.78, 5) is 18.9. The summed E-state index contributed by atoms with van der Waals surface area (Å²) in [6.45, 7) is 4.95. The highest BCUT2D eigenvalue weighted by atomic mass is 32.1. The quantitative estimate of drug-likeness (QED) is 0.569. The Balaban J connectivity index is 1.52. The molecule has 0 spiro atoms. The molecule has 6 nitrogen and oxygen atoms in total. The lowest BCUT2D eigenvalue weighted by Crippen LogP contribution is -2.30. The summed E-state index contributed by atoms with van der Waals surface area (Å²) < 4.78 is 5.17. The molecule has 1 aromatic heterocycles. The summed E-state index contributed by atoms with van der Waals surface area (Å²) in [6, 6.07) is 13.6. The van der Waals surface area contributed by atoms with Crippen LogP contribution in [0.1, 0.15) is 16.8 Å². The first-order chi connectivity index (χ1) is 13.9. The van der Waals surface area contributed by atoms with E-state index in [4.69, 9.17) is 4.74 Å². The van der Waals surface area contributed by atoms with Crippen molar-refractivity contribution in [2.24, 2.45) is 0 Å². The highest BCUT2D eigenvalue weighted by Crippen LogP contribution is 2.23. The van der Waals surface area contributed by atoms with Gasteiger partial charge in [0.15, 0.2) is 5.13 Å². The summed E-state index contributed by atoms with van der Waals surface area (Å²) >= 11 is 1.54. The number of likely N-dealkylation sites (N-methyl/N-ethyl adjacent to an activating group) is 1. The molecular weight excluding hydrogens is 384 g/mol. The molecule has 0 aliphatic carbocycles. The van der Waals surface area contributed by atoms with Crippen LogP contribution < -0.4 is 15.4 Å². The predicted molar refractivity (Wildman–Crippen MR) is 119 cm³/mol. The van der Waals surface area contributed by atoms with E-state index >= 15 is 0 Å². The first-order valence-electron chi connectivity index (χ1n) is 9.34. The van der Waals surface area contributed by atoms with Crippen molar-refractivity contribution >= 4 is 33.8 Å². The molecule has 152 valence electrons. The van der Waals surface area contributed by atoms with Crippen LogP contribution in [-0.2, 0) is 11.3 Å². The normalized spacial score (nSPS) is 10.8. The zero-order chi connectivity index (χ0) is 20.8. The van der Waals surface area contributed by atoms with E-state index in [1.54, 1.807) is 18.4 Å². The van der Waals surface area contributed by atoms with E-state index in [0.29, 0.717) is 13.1 Å². The van der Waals surface area contributed by atoms with Crippen LogP contribution in [0.15, 0.2) is 47.8 Å². The number of ether oxygens (including phenoxy) is 1. The third-order valence-corrected chi connectivity index (χ3v) is 5.42. The summed E-state index contributed by atoms with van der Waals surface area (Å²) in [7, 11) is 3.56. The zero-order valence-electron chi connectivity index (χ0n) is 17.2. The zero-order valence-corrected chi connectivity index (χ0v) is 18.0. The molecule has 0 saturated carbocycles. The maximum Gasteiger partial charge on any atom is 0.238 e. The fourth-order valence-corrected chi connectivity index (χ4v) is 3.61. The number of nitrogens with one attached hydrogen (secondary N) is 2. The smallest absolute Gasteiger partial charge is 0.238 e. The number of carbonyl (C=O) groups excluding carboxylic acids is 1. The van der Waals surface area contributed by atoms with Gasteiger partial charge in [-0.1, -0.05) is 12.1 Å². The second kappa shape index (κ2) is 9.54. The van der Waals surface area contributed by atoms with Gasteiger partial charge in [0.1, 0.15) is 5.75 Å². The molecule has 1 amide bonds. The average molecular weight is 411 g/mol. The van der Waals surface area contributed by atoms with Crippen molar-refractivity contribution in [1.29, 1.82) is 0 Å². The minimum atomic E-state index is -0.0342. The fourth-order valence-electron chi connectivity index (χ4n) is 2.89. The predicted octanol–water partition coefficient (Wildman–Crippen LogP) is 4.58. The van der Waals surface area contributed by atoms with Crippen LogP contribution >= 0.6 is 11.3 Å². The number of benzene rings is 2. The number of amides is 1. The van der Waals surface area contributed by atoms with Gasteiger partial charge in [0.2, 0.25) is 5.91 Å². The number of rotatable bonds is 8. The fraction of sp³-hybridized carbons (Fsp3) is 0.273. The van der Waals surface area contributed by atoms with Crippen molar-refractivity contribution in [2.75, 3.05) is 31.3 Å². The molecule has 0 bridgehead atoms. The molecule has 7 heteroatoms. The highest BCUT2D eigenvalue weighted by Gasteiger charge is 2.11. The number of nitrogens with zero attached hydrogens (tertiary/aromatic N) is 2. The molecule has 2 aromatic carbocycles. The Labute approximate surface area is 175 Å². The highest BCUT2D eigenvalue weighted by molar-refractivity contribution is 7.13. The van der Waals surface area contributed by atoms with Gasteiger partial charge in [-0.2, -0.15) is 0 Å². The number of aryl methyl sites for hydroxylation is 1. The lowest BCUT2D eigenvalue weighted by molar-refractivity contribution is -0.117. The van der Waals surface area contributed by atoms with Crippen molar-refractivity contribution in [1.82, 2.24) is 9.88 Å². The van der Waals surface area contributed by atoms with Gasteiger partial charge in [0.05, 0.1) is 19.3 Å². The van der Waals surface area contributed by atoms with Gasteiger partial charge in [0.25, 0.3) is 0 Å². The molecule has 0 aliphatic heterocycles. The maximum atomic E-state index is 12.4. The first-order valence-corrected chi connectivity index (χ1v) is 10.2. The second-order valence-electron chi connectivity index (χ2n) is 6.97. The van der Waals surface area contributed by atoms with Gasteiger partial charge < -0.3 is 15.4 Å². The summed E-state index contributed by atoms with van der Waals surface area (Å²) in [5.41, 5.74) is 5.00. The van der Waals surface area contributed by atoms with Crippen molar-refractivity contribution in [3.63, 3.8) is 0 Å². The summed E-state index contributed by atoms with van der Waals surface area (Å²) in [5.74, 6) is 0.782. The number of methoxy groups -OCH3 is 1. The van der Waals surface area contributed by atoms with Crippen LogP contribution in [0.3, 0.4) is 0 Å². The van der Waals surface area contributed by atoms with Gasteiger partial charge in [-0.3, -0.25) is 9.69 Å². The monoisotopic (exact) mass is 410 g/mol. The van der Waals surface area contributed by atoms with Crippen LogP contribution in [-0.4, -0.2) is 36.5 Å². The third kappa shape index (κ3) is 5.79. The van der Waals surface area contributed by atoms with Gasteiger partial charge in [-0.15, -0.1) is 11.3 Å². The molecule has 2 N–H and O–H groups in total. The molecule has 0 radical (unpaired) electrons. The molecule has 1 heterocycles. The van der Waals surface area contributed by atoms with Crippen molar-refractivity contribution < 1.29 is 9.53 Å². The van der Waals surface area contributed by atoms with Gasteiger partial charge in [-0.05, 0) is 62.4 Å². The number of carbonyl (C=O) groups is 1. The molecular formula is C22H26N4O2S. The first kappa shape index (κ1) is 20.8. The van der Waals surface area contributed by atoms with Gasteiger partial charge in [0, 0.05) is 23.3 Å². The van der Waals surface area contributed by atoms with E-state index in [9.17, 15) is 4.79 Å². The van der Waals surface area contributed by atoms with Crippen molar-refractivity contribution in [3.05, 3.63) is 64.7 Å². The van der Waals surface area contributed by atoms with E-state index in [0.717, 1.165) is 39.1 Å². The number of anilines is 3. The van der Waals surface area contributed by atoms with Crippen LogP contribution in [0.2, 0.25) is 0 Å². The van der Waals surface area contributed by atoms with E-state index < -0.39 is 0 Å². The third-order valence-electron chi connectivity index (χ3n) is 4.62. The van der Waals surface area contributed by atoms with Crippen LogP contribution in [0.25, 0.3) is 0 Å². The van der Waals surface area contributed by atoms with E-state index in [-0.39, 0.29) is 5.91 Å². The molecule has 0 atom stereocenters. The SMILES string of the molecule is COc1ccc(Nc2nc(CN(C)CC(=O)Nc3cccc(C)c3C)cs2)cc1.